The highest BCUT2D eigenvalue weighted by Gasteiger charge is 2.26. The highest BCUT2D eigenvalue weighted by molar-refractivity contribution is 6.10. The number of nitrogens with one attached hydrogen (secondary N) is 1. The van der Waals surface area contributed by atoms with Crippen LogP contribution < -0.4 is 5.32 Å². The lowest BCUT2D eigenvalue weighted by molar-refractivity contribution is -0.112. The standard InChI is InChI=1S/C26H32N2O2/c1-16-10-9-11-22(17(16)2)28-24(30)19(15-27)12-18-13-20(25(3,4)5)23(29)21(14-18)26(6,7)8/h9-14,29H,1-8H3,(H,28,30)/b19-12+. The van der Waals surface area contributed by atoms with Gasteiger partial charge in [-0.3, -0.25) is 4.79 Å². The summed E-state index contributed by atoms with van der Waals surface area (Å²) in [6.07, 6.45) is 1.59. The Labute approximate surface area is 180 Å². The summed E-state index contributed by atoms with van der Waals surface area (Å²) in [4.78, 5) is 12.8. The largest absolute Gasteiger partial charge is 0.507 e. The molecule has 0 radical (unpaired) electrons. The van der Waals surface area contributed by atoms with E-state index in [9.17, 15) is 15.2 Å². The molecule has 0 spiro atoms. The van der Waals surface area contributed by atoms with E-state index in [2.05, 4.69) is 5.32 Å². The van der Waals surface area contributed by atoms with Gasteiger partial charge in [-0.1, -0.05) is 53.7 Å². The number of carbonyl (C=O) groups is 1. The number of nitriles is 1. The summed E-state index contributed by atoms with van der Waals surface area (Å²) in [5, 5.41) is 23.4. The van der Waals surface area contributed by atoms with Gasteiger partial charge in [0.25, 0.3) is 5.91 Å². The van der Waals surface area contributed by atoms with Gasteiger partial charge < -0.3 is 10.4 Å². The van der Waals surface area contributed by atoms with Crippen LogP contribution in [0.2, 0.25) is 0 Å². The molecule has 0 fully saturated rings. The van der Waals surface area contributed by atoms with Crippen LogP contribution in [0.15, 0.2) is 35.9 Å². The maximum atomic E-state index is 12.8. The first-order valence-corrected chi connectivity index (χ1v) is 10.1. The van der Waals surface area contributed by atoms with Crippen molar-refractivity contribution >= 4 is 17.7 Å². The lowest BCUT2D eigenvalue weighted by Gasteiger charge is -2.28. The number of phenols is 1. The summed E-state index contributed by atoms with van der Waals surface area (Å²) in [5.41, 5.74) is 4.45. The summed E-state index contributed by atoms with van der Waals surface area (Å²) < 4.78 is 0. The third kappa shape index (κ3) is 5.10. The van der Waals surface area contributed by atoms with Gasteiger partial charge in [0.2, 0.25) is 0 Å². The molecule has 2 rings (SSSR count). The second kappa shape index (κ2) is 8.36. The maximum absolute atomic E-state index is 12.8. The average Bonchev–Trinajstić information content (AvgIpc) is 2.62. The lowest BCUT2D eigenvalue weighted by Crippen LogP contribution is -2.18. The van der Waals surface area contributed by atoms with E-state index < -0.39 is 5.91 Å². The van der Waals surface area contributed by atoms with Crippen LogP contribution in [0.4, 0.5) is 5.69 Å². The molecule has 0 atom stereocenters. The highest BCUT2D eigenvalue weighted by Crippen LogP contribution is 2.40. The third-order valence-electron chi connectivity index (χ3n) is 5.28. The van der Waals surface area contributed by atoms with Gasteiger partial charge in [0, 0.05) is 16.8 Å². The zero-order valence-corrected chi connectivity index (χ0v) is 19.3. The highest BCUT2D eigenvalue weighted by atomic mass is 16.3. The van der Waals surface area contributed by atoms with Crippen LogP contribution in [-0.2, 0) is 15.6 Å². The molecule has 0 aromatic heterocycles. The van der Waals surface area contributed by atoms with E-state index in [1.165, 1.54) is 0 Å². The molecule has 30 heavy (non-hydrogen) atoms. The molecule has 158 valence electrons. The third-order valence-corrected chi connectivity index (χ3v) is 5.28. The van der Waals surface area contributed by atoms with Crippen molar-refractivity contribution in [3.63, 3.8) is 0 Å². The Morgan fingerprint density at radius 2 is 1.57 bits per heavy atom. The number of phenolic OH excluding ortho intramolecular Hbond substituents is 1. The minimum Gasteiger partial charge on any atom is -0.507 e. The van der Waals surface area contributed by atoms with Gasteiger partial charge in [0.1, 0.15) is 17.4 Å². The Kier molecular flexibility index (Phi) is 6.47. The summed E-state index contributed by atoms with van der Waals surface area (Å²) in [5.74, 6) is -0.181. The first-order valence-electron chi connectivity index (χ1n) is 10.1. The van der Waals surface area contributed by atoms with Crippen LogP contribution in [-0.4, -0.2) is 11.0 Å². The molecule has 1 amide bonds. The fourth-order valence-electron chi connectivity index (χ4n) is 3.27. The number of hydrogen-bond donors (Lipinski definition) is 2. The van der Waals surface area contributed by atoms with Crippen molar-refractivity contribution < 1.29 is 9.90 Å². The van der Waals surface area contributed by atoms with Gasteiger partial charge in [0.15, 0.2) is 0 Å². The fourth-order valence-corrected chi connectivity index (χ4v) is 3.27. The summed E-state index contributed by atoms with van der Waals surface area (Å²) >= 11 is 0. The molecule has 2 aromatic rings. The maximum Gasteiger partial charge on any atom is 0.266 e. The van der Waals surface area contributed by atoms with Crippen molar-refractivity contribution in [2.45, 2.75) is 66.2 Å². The minimum atomic E-state index is -0.450. The lowest BCUT2D eigenvalue weighted by atomic mass is 9.78. The number of amides is 1. The molecule has 0 bridgehead atoms. The quantitative estimate of drug-likeness (QED) is 0.476. The zero-order chi connectivity index (χ0) is 22.9. The van der Waals surface area contributed by atoms with Gasteiger partial charge >= 0.3 is 0 Å². The predicted octanol–water partition coefficient (Wildman–Crippen LogP) is 6.15. The first-order chi connectivity index (χ1) is 13.8. The number of aromatic hydroxyl groups is 1. The number of benzene rings is 2. The number of aryl methyl sites for hydroxylation is 1. The Morgan fingerprint density at radius 3 is 2.03 bits per heavy atom. The van der Waals surface area contributed by atoms with Crippen LogP contribution in [0.3, 0.4) is 0 Å². The molecule has 2 aromatic carbocycles. The molecule has 4 heteroatoms. The predicted molar refractivity (Wildman–Crippen MR) is 124 cm³/mol. The summed E-state index contributed by atoms with van der Waals surface area (Å²) in [7, 11) is 0. The van der Waals surface area contributed by atoms with Crippen LogP contribution in [0, 0.1) is 25.2 Å². The number of rotatable bonds is 3. The Bertz CT molecular complexity index is 1010. The molecule has 0 aliphatic rings. The molecule has 0 aliphatic heterocycles. The number of carbonyl (C=O) groups excluding carboxylic acids is 1. The second-order valence-corrected chi connectivity index (χ2v) is 9.84. The number of hydrogen-bond acceptors (Lipinski definition) is 3. The van der Waals surface area contributed by atoms with Crippen molar-refractivity contribution in [3.8, 4) is 11.8 Å². The zero-order valence-electron chi connectivity index (χ0n) is 19.3. The summed E-state index contributed by atoms with van der Waals surface area (Å²) in [6, 6.07) is 11.4. The van der Waals surface area contributed by atoms with Crippen molar-refractivity contribution in [3.05, 3.63) is 63.7 Å². The van der Waals surface area contributed by atoms with Crippen molar-refractivity contribution in [2.75, 3.05) is 5.32 Å². The molecule has 0 unspecified atom stereocenters. The number of anilines is 1. The fraction of sp³-hybridized carbons (Fsp3) is 0.385. The van der Waals surface area contributed by atoms with E-state index in [1.54, 1.807) is 6.08 Å². The van der Waals surface area contributed by atoms with E-state index in [1.807, 2.05) is 91.8 Å². The first kappa shape index (κ1) is 23.2. The van der Waals surface area contributed by atoms with E-state index in [0.717, 1.165) is 27.8 Å². The van der Waals surface area contributed by atoms with E-state index in [4.69, 9.17) is 0 Å². The van der Waals surface area contributed by atoms with Crippen LogP contribution >= 0.6 is 0 Å². The Balaban J connectivity index is 2.54. The molecular formula is C26H32N2O2. The Hall–Kier alpha value is -3.06. The van der Waals surface area contributed by atoms with Gasteiger partial charge in [-0.25, -0.2) is 0 Å². The SMILES string of the molecule is Cc1cccc(NC(=O)/C(C#N)=C/c2cc(C(C)(C)C)c(O)c(C(C)(C)C)c2)c1C. The topological polar surface area (TPSA) is 73.1 Å². The molecule has 0 aliphatic carbocycles. The van der Waals surface area contributed by atoms with Crippen molar-refractivity contribution in [1.82, 2.24) is 0 Å². The molecular weight excluding hydrogens is 372 g/mol. The normalized spacial score (nSPS) is 12.4. The van der Waals surface area contributed by atoms with E-state index >= 15 is 0 Å². The average molecular weight is 405 g/mol. The molecule has 0 heterocycles. The van der Waals surface area contributed by atoms with Gasteiger partial charge in [-0.2, -0.15) is 5.26 Å². The van der Waals surface area contributed by atoms with Crippen LogP contribution in [0.25, 0.3) is 6.08 Å². The van der Waals surface area contributed by atoms with E-state index in [0.29, 0.717) is 5.69 Å². The smallest absolute Gasteiger partial charge is 0.266 e. The van der Waals surface area contributed by atoms with Gasteiger partial charge in [0.05, 0.1) is 0 Å². The monoisotopic (exact) mass is 404 g/mol. The molecule has 2 N–H and O–H groups in total. The van der Waals surface area contributed by atoms with Crippen LogP contribution in [0.1, 0.15) is 69.4 Å². The number of nitrogens with zero attached hydrogens (tertiary/aromatic N) is 1. The van der Waals surface area contributed by atoms with Crippen molar-refractivity contribution in [2.24, 2.45) is 0 Å². The van der Waals surface area contributed by atoms with Crippen LogP contribution in [0.5, 0.6) is 5.75 Å². The Morgan fingerprint density at radius 1 is 1.03 bits per heavy atom. The molecule has 0 saturated heterocycles. The summed E-state index contributed by atoms with van der Waals surface area (Å²) in [6.45, 7) is 16.1. The molecule has 0 saturated carbocycles. The minimum absolute atomic E-state index is 0.0151. The molecule has 4 nitrogen and oxygen atoms in total. The van der Waals surface area contributed by atoms with Gasteiger partial charge in [-0.15, -0.1) is 0 Å². The van der Waals surface area contributed by atoms with Crippen molar-refractivity contribution in [1.29, 1.82) is 5.26 Å². The van der Waals surface area contributed by atoms with E-state index in [-0.39, 0.29) is 22.2 Å². The second-order valence-electron chi connectivity index (χ2n) is 9.84. The van der Waals surface area contributed by atoms with Gasteiger partial charge in [-0.05, 0) is 65.6 Å².